The standard InChI is InChI=1S/C17H22N2O2/c1-11-15(12(2)21-19-11)10-18-9-14-7-5-6-13-8-17(3,4)20-16(13)14/h5-7,18H,8-10H2,1-4H3. The van der Waals surface area contributed by atoms with E-state index in [4.69, 9.17) is 9.26 Å². The third-order valence-electron chi connectivity index (χ3n) is 3.97. The van der Waals surface area contributed by atoms with Crippen LogP contribution in [0.1, 0.15) is 42.0 Å². The largest absolute Gasteiger partial charge is 0.487 e. The summed E-state index contributed by atoms with van der Waals surface area (Å²) < 4.78 is 11.3. The maximum atomic E-state index is 6.09. The summed E-state index contributed by atoms with van der Waals surface area (Å²) >= 11 is 0. The number of aryl methyl sites for hydroxylation is 2. The van der Waals surface area contributed by atoms with Gasteiger partial charge in [0.25, 0.3) is 0 Å². The molecule has 1 aromatic heterocycles. The number of para-hydroxylation sites is 1. The van der Waals surface area contributed by atoms with Crippen molar-refractivity contribution in [3.05, 3.63) is 46.3 Å². The van der Waals surface area contributed by atoms with Crippen LogP contribution in [0.25, 0.3) is 0 Å². The van der Waals surface area contributed by atoms with Gasteiger partial charge in [-0.1, -0.05) is 23.4 Å². The van der Waals surface area contributed by atoms with Crippen molar-refractivity contribution < 1.29 is 9.26 Å². The molecule has 0 bridgehead atoms. The van der Waals surface area contributed by atoms with Crippen molar-refractivity contribution in [3.63, 3.8) is 0 Å². The molecule has 0 fully saturated rings. The van der Waals surface area contributed by atoms with Crippen LogP contribution in [0.4, 0.5) is 0 Å². The van der Waals surface area contributed by atoms with Gasteiger partial charge >= 0.3 is 0 Å². The summed E-state index contributed by atoms with van der Waals surface area (Å²) in [6.07, 6.45) is 0.972. The quantitative estimate of drug-likeness (QED) is 0.937. The van der Waals surface area contributed by atoms with E-state index in [0.29, 0.717) is 0 Å². The molecule has 0 spiro atoms. The molecule has 1 aromatic carbocycles. The van der Waals surface area contributed by atoms with Crippen LogP contribution >= 0.6 is 0 Å². The van der Waals surface area contributed by atoms with Gasteiger partial charge in [-0.25, -0.2) is 0 Å². The van der Waals surface area contributed by atoms with E-state index in [0.717, 1.165) is 42.3 Å². The van der Waals surface area contributed by atoms with Crippen molar-refractivity contribution in [2.24, 2.45) is 0 Å². The molecule has 0 radical (unpaired) electrons. The van der Waals surface area contributed by atoms with Crippen LogP contribution in [0.5, 0.6) is 5.75 Å². The highest BCUT2D eigenvalue weighted by atomic mass is 16.5. The fourth-order valence-corrected chi connectivity index (χ4v) is 2.89. The van der Waals surface area contributed by atoms with Gasteiger partial charge in [0.1, 0.15) is 17.1 Å². The molecule has 0 saturated heterocycles. The molecule has 4 heteroatoms. The number of nitrogens with zero attached hydrogens (tertiary/aromatic N) is 1. The molecule has 0 atom stereocenters. The van der Waals surface area contributed by atoms with E-state index in [1.165, 1.54) is 11.1 Å². The Morgan fingerprint density at radius 3 is 2.76 bits per heavy atom. The van der Waals surface area contributed by atoms with Crippen LogP contribution in [0.3, 0.4) is 0 Å². The molecule has 21 heavy (non-hydrogen) atoms. The summed E-state index contributed by atoms with van der Waals surface area (Å²) in [5.41, 5.74) is 4.51. The van der Waals surface area contributed by atoms with Crippen LogP contribution in [0.2, 0.25) is 0 Å². The highest BCUT2D eigenvalue weighted by molar-refractivity contribution is 5.45. The van der Waals surface area contributed by atoms with Crippen molar-refractivity contribution in [1.82, 2.24) is 10.5 Å². The fourth-order valence-electron chi connectivity index (χ4n) is 2.89. The second-order valence-corrected chi connectivity index (χ2v) is 6.35. The maximum absolute atomic E-state index is 6.09. The zero-order valence-corrected chi connectivity index (χ0v) is 13.1. The molecule has 1 aliphatic rings. The second kappa shape index (κ2) is 5.19. The number of benzene rings is 1. The lowest BCUT2D eigenvalue weighted by molar-refractivity contribution is 0.137. The summed E-state index contributed by atoms with van der Waals surface area (Å²) in [6.45, 7) is 9.72. The highest BCUT2D eigenvalue weighted by Gasteiger charge is 2.31. The van der Waals surface area contributed by atoms with Gasteiger partial charge < -0.3 is 14.6 Å². The number of ether oxygens (including phenoxy) is 1. The Labute approximate surface area is 125 Å². The van der Waals surface area contributed by atoms with Gasteiger partial charge in [-0.05, 0) is 33.3 Å². The number of aromatic nitrogens is 1. The molecule has 0 saturated carbocycles. The minimum Gasteiger partial charge on any atom is -0.487 e. The number of nitrogens with one attached hydrogen (secondary N) is 1. The summed E-state index contributed by atoms with van der Waals surface area (Å²) in [6, 6.07) is 6.39. The monoisotopic (exact) mass is 286 g/mol. The molecule has 1 N–H and O–H groups in total. The molecule has 3 rings (SSSR count). The van der Waals surface area contributed by atoms with Gasteiger partial charge in [0.05, 0.1) is 5.69 Å². The van der Waals surface area contributed by atoms with E-state index in [1.807, 2.05) is 13.8 Å². The van der Waals surface area contributed by atoms with Gasteiger partial charge in [-0.2, -0.15) is 0 Å². The summed E-state index contributed by atoms with van der Waals surface area (Å²) in [4.78, 5) is 0. The van der Waals surface area contributed by atoms with Crippen molar-refractivity contribution in [2.75, 3.05) is 0 Å². The molecule has 0 amide bonds. The SMILES string of the molecule is Cc1noc(C)c1CNCc1cccc2c1OC(C)(C)C2. The second-order valence-electron chi connectivity index (χ2n) is 6.35. The van der Waals surface area contributed by atoms with E-state index in [1.54, 1.807) is 0 Å². The third kappa shape index (κ3) is 2.81. The zero-order chi connectivity index (χ0) is 15.0. The van der Waals surface area contributed by atoms with Gasteiger partial charge in [-0.3, -0.25) is 0 Å². The average Bonchev–Trinajstić information content (AvgIpc) is 2.90. The lowest BCUT2D eigenvalue weighted by Crippen LogP contribution is -2.25. The van der Waals surface area contributed by atoms with E-state index in [-0.39, 0.29) is 5.60 Å². The minimum atomic E-state index is -0.0971. The summed E-state index contributed by atoms with van der Waals surface area (Å²) in [5, 5.41) is 7.44. The van der Waals surface area contributed by atoms with Gasteiger partial charge in [0.15, 0.2) is 0 Å². The first-order chi connectivity index (χ1) is 9.96. The van der Waals surface area contributed by atoms with Crippen molar-refractivity contribution >= 4 is 0 Å². The number of fused-ring (bicyclic) bond motifs is 1. The lowest BCUT2D eigenvalue weighted by Gasteiger charge is -2.18. The van der Waals surface area contributed by atoms with Crippen LogP contribution in [0.15, 0.2) is 22.7 Å². The van der Waals surface area contributed by atoms with Gasteiger partial charge in [0, 0.05) is 30.6 Å². The maximum Gasteiger partial charge on any atom is 0.138 e. The molecule has 2 heterocycles. The predicted octanol–water partition coefficient (Wildman–Crippen LogP) is 3.29. The zero-order valence-electron chi connectivity index (χ0n) is 13.1. The number of rotatable bonds is 4. The van der Waals surface area contributed by atoms with Crippen molar-refractivity contribution in [1.29, 1.82) is 0 Å². The van der Waals surface area contributed by atoms with Crippen LogP contribution in [-0.4, -0.2) is 10.8 Å². The predicted molar refractivity (Wildman–Crippen MR) is 81.4 cm³/mol. The van der Waals surface area contributed by atoms with Gasteiger partial charge in [-0.15, -0.1) is 0 Å². The van der Waals surface area contributed by atoms with Crippen LogP contribution in [-0.2, 0) is 19.5 Å². The average molecular weight is 286 g/mol. The molecular formula is C17H22N2O2. The molecule has 2 aromatic rings. The first-order valence-corrected chi connectivity index (χ1v) is 7.38. The first kappa shape index (κ1) is 14.1. The smallest absolute Gasteiger partial charge is 0.138 e. The number of hydrogen-bond donors (Lipinski definition) is 1. The molecule has 112 valence electrons. The van der Waals surface area contributed by atoms with E-state index in [9.17, 15) is 0 Å². The third-order valence-corrected chi connectivity index (χ3v) is 3.97. The molecular weight excluding hydrogens is 264 g/mol. The molecule has 0 aliphatic carbocycles. The first-order valence-electron chi connectivity index (χ1n) is 7.38. The molecule has 4 nitrogen and oxygen atoms in total. The Morgan fingerprint density at radius 2 is 2.05 bits per heavy atom. The fraction of sp³-hybridized carbons (Fsp3) is 0.471. The van der Waals surface area contributed by atoms with E-state index in [2.05, 4.69) is 42.5 Å². The molecule has 1 aliphatic heterocycles. The Balaban J connectivity index is 1.69. The van der Waals surface area contributed by atoms with E-state index >= 15 is 0 Å². The number of hydrogen-bond acceptors (Lipinski definition) is 4. The van der Waals surface area contributed by atoms with Crippen LogP contribution in [0, 0.1) is 13.8 Å². The molecule has 0 unspecified atom stereocenters. The highest BCUT2D eigenvalue weighted by Crippen LogP contribution is 2.37. The summed E-state index contributed by atoms with van der Waals surface area (Å²) in [7, 11) is 0. The Bertz CT molecular complexity index is 639. The lowest BCUT2D eigenvalue weighted by atomic mass is 10.0. The van der Waals surface area contributed by atoms with Gasteiger partial charge in [0.2, 0.25) is 0 Å². The normalized spacial score (nSPS) is 15.8. The Kier molecular flexibility index (Phi) is 3.49. The van der Waals surface area contributed by atoms with Crippen molar-refractivity contribution in [2.45, 2.75) is 52.8 Å². The minimum absolute atomic E-state index is 0.0971. The topological polar surface area (TPSA) is 47.3 Å². The van der Waals surface area contributed by atoms with E-state index < -0.39 is 0 Å². The summed E-state index contributed by atoms with van der Waals surface area (Å²) in [5.74, 6) is 1.93. The van der Waals surface area contributed by atoms with Crippen LogP contribution < -0.4 is 10.1 Å². The Hall–Kier alpha value is -1.81. The van der Waals surface area contributed by atoms with Crippen molar-refractivity contribution in [3.8, 4) is 5.75 Å². The Morgan fingerprint density at radius 1 is 1.24 bits per heavy atom.